The molecule has 0 spiro atoms. The normalized spacial score (nSPS) is 11.7. The van der Waals surface area contributed by atoms with Crippen molar-refractivity contribution < 1.29 is 14.3 Å². The van der Waals surface area contributed by atoms with Crippen LogP contribution >= 0.6 is 23.4 Å². The number of methoxy groups -OCH3 is 1. The van der Waals surface area contributed by atoms with Crippen LogP contribution < -0.4 is 4.74 Å². The maximum atomic E-state index is 13.7. The molecule has 0 saturated carbocycles. The Morgan fingerprint density at radius 2 is 1.34 bits per heavy atom. The van der Waals surface area contributed by atoms with Gasteiger partial charge in [0.05, 0.1) is 13.0 Å². The third-order valence-corrected chi connectivity index (χ3v) is 7.30. The summed E-state index contributed by atoms with van der Waals surface area (Å²) in [6.07, 6.45) is 0.335. The second kappa shape index (κ2) is 11.9. The highest BCUT2D eigenvalue weighted by atomic mass is 35.5. The van der Waals surface area contributed by atoms with E-state index in [1.807, 2.05) is 84.9 Å². The molecule has 176 valence electrons. The number of Topliss-reactive ketones (excluding diaryl/α,β-unsaturated/α-hetero) is 2. The maximum absolute atomic E-state index is 13.7. The van der Waals surface area contributed by atoms with Gasteiger partial charge in [-0.05, 0) is 48.4 Å². The number of rotatable bonds is 10. The highest BCUT2D eigenvalue weighted by Crippen LogP contribution is 2.42. The number of ketones is 2. The van der Waals surface area contributed by atoms with Crippen molar-refractivity contribution in [2.45, 2.75) is 16.6 Å². The first-order valence-electron chi connectivity index (χ1n) is 11.3. The first-order chi connectivity index (χ1) is 17.0. The minimum absolute atomic E-state index is 0.170. The zero-order chi connectivity index (χ0) is 24.6. The van der Waals surface area contributed by atoms with Gasteiger partial charge in [-0.2, -0.15) is 0 Å². The van der Waals surface area contributed by atoms with Gasteiger partial charge in [-0.15, -0.1) is 11.8 Å². The van der Waals surface area contributed by atoms with Gasteiger partial charge in [0, 0.05) is 26.3 Å². The first kappa shape index (κ1) is 24.8. The van der Waals surface area contributed by atoms with Crippen molar-refractivity contribution in [3.05, 3.63) is 131 Å². The average Bonchev–Trinajstić information content (AvgIpc) is 2.92. The maximum Gasteiger partial charge on any atom is 0.173 e. The van der Waals surface area contributed by atoms with Crippen molar-refractivity contribution in [1.82, 2.24) is 0 Å². The highest BCUT2D eigenvalue weighted by molar-refractivity contribution is 7.99. The average molecular weight is 501 g/mol. The molecule has 0 aliphatic rings. The molecule has 4 aromatic rings. The van der Waals surface area contributed by atoms with Gasteiger partial charge in [0.1, 0.15) is 5.75 Å². The van der Waals surface area contributed by atoms with Crippen LogP contribution in [0.5, 0.6) is 5.75 Å². The van der Waals surface area contributed by atoms with Crippen molar-refractivity contribution in [3.63, 3.8) is 0 Å². The Balaban J connectivity index is 1.74. The number of carbonyl (C=O) groups excluding carboxylic acids is 2. The lowest BCUT2D eigenvalue weighted by Gasteiger charge is -2.23. The number of carbonyl (C=O) groups is 2. The Morgan fingerprint density at radius 1 is 0.771 bits per heavy atom. The van der Waals surface area contributed by atoms with Crippen LogP contribution in [0, 0.1) is 5.92 Å². The number of thioether (sulfide) groups is 1. The number of hydrogen-bond acceptors (Lipinski definition) is 4. The fraction of sp³-hybridized carbons (Fsp3) is 0.133. The van der Waals surface area contributed by atoms with Crippen LogP contribution in [0.1, 0.15) is 38.0 Å². The molecule has 0 N–H and O–H groups in total. The highest BCUT2D eigenvalue weighted by Gasteiger charge is 2.32. The summed E-state index contributed by atoms with van der Waals surface area (Å²) >= 11 is 7.70. The van der Waals surface area contributed by atoms with Gasteiger partial charge in [0.2, 0.25) is 0 Å². The van der Waals surface area contributed by atoms with Crippen LogP contribution in [-0.2, 0) is 0 Å². The van der Waals surface area contributed by atoms with E-state index in [-0.39, 0.29) is 16.8 Å². The summed E-state index contributed by atoms with van der Waals surface area (Å²) in [5.41, 5.74) is 2.04. The molecule has 5 heteroatoms. The molecule has 0 heterocycles. The summed E-state index contributed by atoms with van der Waals surface area (Å²) in [7, 11) is 1.63. The van der Waals surface area contributed by atoms with Gasteiger partial charge in [-0.25, -0.2) is 0 Å². The smallest absolute Gasteiger partial charge is 0.173 e. The van der Waals surface area contributed by atoms with E-state index in [4.69, 9.17) is 16.3 Å². The van der Waals surface area contributed by atoms with Gasteiger partial charge >= 0.3 is 0 Å². The predicted octanol–water partition coefficient (Wildman–Crippen LogP) is 7.95. The molecule has 35 heavy (non-hydrogen) atoms. The lowest BCUT2D eigenvalue weighted by Crippen LogP contribution is -2.26. The van der Waals surface area contributed by atoms with Gasteiger partial charge in [0.25, 0.3) is 0 Å². The van der Waals surface area contributed by atoms with E-state index in [1.165, 1.54) is 0 Å². The van der Waals surface area contributed by atoms with Crippen LogP contribution in [0.2, 0.25) is 5.02 Å². The molecule has 0 fully saturated rings. The molecule has 1 atom stereocenters. The second-order valence-corrected chi connectivity index (χ2v) is 9.80. The summed E-state index contributed by atoms with van der Waals surface area (Å²) in [4.78, 5) is 28.3. The van der Waals surface area contributed by atoms with Gasteiger partial charge in [0.15, 0.2) is 11.6 Å². The quantitative estimate of drug-likeness (QED) is 0.126. The van der Waals surface area contributed by atoms with E-state index in [2.05, 4.69) is 0 Å². The fourth-order valence-corrected chi connectivity index (χ4v) is 5.24. The predicted molar refractivity (Wildman–Crippen MR) is 143 cm³/mol. The number of hydrogen-bond donors (Lipinski definition) is 0. The third-order valence-electron chi connectivity index (χ3n) is 5.76. The number of ether oxygens (including phenoxy) is 1. The Kier molecular flexibility index (Phi) is 8.40. The zero-order valence-corrected chi connectivity index (χ0v) is 20.8. The van der Waals surface area contributed by atoms with E-state index >= 15 is 0 Å². The largest absolute Gasteiger partial charge is 0.497 e. The van der Waals surface area contributed by atoms with Crippen LogP contribution in [0.15, 0.2) is 114 Å². The molecule has 0 radical (unpaired) electrons. The van der Waals surface area contributed by atoms with E-state index in [0.29, 0.717) is 22.6 Å². The van der Waals surface area contributed by atoms with E-state index < -0.39 is 5.92 Å². The molecule has 1 unspecified atom stereocenters. The second-order valence-electron chi connectivity index (χ2n) is 8.09. The Labute approximate surface area is 215 Å². The molecule has 0 amide bonds. The number of halogens is 1. The lowest BCUT2D eigenvalue weighted by molar-refractivity contribution is 0.0799. The zero-order valence-electron chi connectivity index (χ0n) is 19.3. The molecule has 0 bridgehead atoms. The molecule has 0 aromatic heterocycles. The lowest BCUT2D eigenvalue weighted by atomic mass is 9.85. The minimum Gasteiger partial charge on any atom is -0.497 e. The topological polar surface area (TPSA) is 43.4 Å². The summed E-state index contributed by atoms with van der Waals surface area (Å²) in [5.74, 6) is -0.464. The van der Waals surface area contributed by atoms with Crippen LogP contribution in [-0.4, -0.2) is 18.7 Å². The molecule has 0 aliphatic carbocycles. The Bertz CT molecular complexity index is 1220. The summed E-state index contributed by atoms with van der Waals surface area (Å²) in [6.45, 7) is 0. The molecular formula is C30H25ClO3S. The van der Waals surface area contributed by atoms with E-state index in [9.17, 15) is 9.59 Å². The molecule has 4 aromatic carbocycles. The van der Waals surface area contributed by atoms with Crippen molar-refractivity contribution >= 4 is 34.9 Å². The van der Waals surface area contributed by atoms with Crippen LogP contribution in [0.25, 0.3) is 0 Å². The van der Waals surface area contributed by atoms with Crippen molar-refractivity contribution in [3.8, 4) is 5.75 Å². The van der Waals surface area contributed by atoms with Crippen molar-refractivity contribution in [2.75, 3.05) is 7.11 Å². The number of benzene rings is 4. The van der Waals surface area contributed by atoms with Crippen LogP contribution in [0.4, 0.5) is 0 Å². The van der Waals surface area contributed by atoms with Gasteiger partial charge in [-0.1, -0.05) is 84.4 Å². The Morgan fingerprint density at radius 3 is 1.89 bits per heavy atom. The van der Waals surface area contributed by atoms with E-state index in [0.717, 1.165) is 16.2 Å². The minimum atomic E-state index is -0.837. The van der Waals surface area contributed by atoms with Crippen LogP contribution in [0.3, 0.4) is 0 Å². The fourth-order valence-electron chi connectivity index (χ4n) is 3.93. The molecule has 0 aliphatic heterocycles. The molecular weight excluding hydrogens is 476 g/mol. The van der Waals surface area contributed by atoms with E-state index in [1.54, 1.807) is 43.1 Å². The monoisotopic (exact) mass is 500 g/mol. The molecule has 3 nitrogen and oxygen atoms in total. The van der Waals surface area contributed by atoms with Crippen molar-refractivity contribution in [2.24, 2.45) is 5.92 Å². The summed E-state index contributed by atoms with van der Waals surface area (Å²) in [6, 6.07) is 33.4. The SMILES string of the molecule is COc1cccc(C(CC(C(=O)c2ccccc2)C(=O)c2ccccc2)Sc2ccc(Cl)cc2)c1. The molecule has 4 rings (SSSR count). The third kappa shape index (κ3) is 6.41. The van der Waals surface area contributed by atoms with Gasteiger partial charge < -0.3 is 4.74 Å². The summed E-state index contributed by atoms with van der Waals surface area (Å²) in [5, 5.41) is 0.486. The standard InChI is InChI=1S/C30H25ClO3S/c1-34-25-14-8-13-23(19-25)28(35-26-17-15-24(31)16-18-26)20-27(29(32)21-9-4-2-5-10-21)30(33)22-11-6-3-7-12-22/h2-19,27-28H,20H2,1H3. The van der Waals surface area contributed by atoms with Crippen molar-refractivity contribution in [1.29, 1.82) is 0 Å². The van der Waals surface area contributed by atoms with Gasteiger partial charge in [-0.3, -0.25) is 9.59 Å². The summed E-state index contributed by atoms with van der Waals surface area (Å²) < 4.78 is 5.45. The first-order valence-corrected chi connectivity index (χ1v) is 12.6. The Hall–Kier alpha value is -3.34. The molecule has 0 saturated heterocycles.